The Kier molecular flexibility index (Phi) is 4.80. The number of carbonyl (C=O) groups is 1. The van der Waals surface area contributed by atoms with Gasteiger partial charge in [-0.1, -0.05) is 18.2 Å². The van der Waals surface area contributed by atoms with Gasteiger partial charge >= 0.3 is 6.18 Å². The maximum absolute atomic E-state index is 13.0. The summed E-state index contributed by atoms with van der Waals surface area (Å²) in [6, 6.07) is 8.12. The van der Waals surface area contributed by atoms with E-state index >= 15 is 0 Å². The Hall–Kier alpha value is -2.70. The van der Waals surface area contributed by atoms with Crippen LogP contribution in [0.15, 0.2) is 42.5 Å². The third-order valence-corrected chi connectivity index (χ3v) is 4.32. The van der Waals surface area contributed by atoms with Gasteiger partial charge in [0.05, 0.1) is 11.3 Å². The molecule has 1 amide bonds. The van der Waals surface area contributed by atoms with Gasteiger partial charge in [-0.05, 0) is 48.7 Å². The molecule has 2 heterocycles. The highest BCUT2D eigenvalue weighted by molar-refractivity contribution is 5.95. The van der Waals surface area contributed by atoms with Gasteiger partial charge in [0.15, 0.2) is 0 Å². The van der Waals surface area contributed by atoms with E-state index in [1.165, 1.54) is 25.1 Å². The van der Waals surface area contributed by atoms with E-state index in [1.54, 1.807) is 17.0 Å². The number of aryl methyl sites for hydroxylation is 1. The highest BCUT2D eigenvalue weighted by Gasteiger charge is 2.33. The number of amides is 1. The number of benzene rings is 1. The Morgan fingerprint density at radius 3 is 2.35 bits per heavy atom. The molecule has 0 atom stereocenters. The van der Waals surface area contributed by atoms with E-state index in [4.69, 9.17) is 0 Å². The van der Waals surface area contributed by atoms with Gasteiger partial charge in [-0.25, -0.2) is 9.37 Å². The molecule has 0 fully saturated rings. The van der Waals surface area contributed by atoms with Crippen molar-refractivity contribution >= 4 is 11.5 Å². The number of carbonyl (C=O) groups excluding carboxylic acids is 1. The van der Waals surface area contributed by atoms with E-state index in [9.17, 15) is 22.4 Å². The monoisotopic (exact) mass is 364 g/mol. The molecule has 0 radical (unpaired) electrons. The van der Waals surface area contributed by atoms with Gasteiger partial charge < -0.3 is 4.90 Å². The van der Waals surface area contributed by atoms with Gasteiger partial charge in [0.1, 0.15) is 11.5 Å². The fraction of sp³-hybridized carbons (Fsp3) is 0.263. The summed E-state index contributed by atoms with van der Waals surface area (Å²) in [4.78, 5) is 17.7. The van der Waals surface area contributed by atoms with Crippen molar-refractivity contribution in [2.24, 2.45) is 0 Å². The molecule has 0 bridgehead atoms. The van der Waals surface area contributed by atoms with Gasteiger partial charge in [-0.2, -0.15) is 13.2 Å². The Morgan fingerprint density at radius 1 is 1.12 bits per heavy atom. The molecule has 26 heavy (non-hydrogen) atoms. The molecule has 136 valence electrons. The second-order valence-corrected chi connectivity index (χ2v) is 6.06. The van der Waals surface area contributed by atoms with Gasteiger partial charge in [0.25, 0.3) is 5.91 Å². The molecule has 1 aliphatic rings. The lowest BCUT2D eigenvalue weighted by molar-refractivity contribution is -0.141. The number of pyridine rings is 1. The van der Waals surface area contributed by atoms with Crippen molar-refractivity contribution in [3.05, 3.63) is 70.8 Å². The zero-order chi connectivity index (χ0) is 18.9. The number of halogens is 4. The Bertz CT molecular complexity index is 857. The number of aromatic nitrogens is 1. The average molecular weight is 364 g/mol. The molecule has 0 saturated heterocycles. The first kappa shape index (κ1) is 18.1. The molecule has 2 aromatic rings. The zero-order valence-corrected chi connectivity index (χ0v) is 14.0. The van der Waals surface area contributed by atoms with Crippen molar-refractivity contribution in [2.75, 3.05) is 13.1 Å². The van der Waals surface area contributed by atoms with Crippen LogP contribution in [-0.2, 0) is 6.18 Å². The molecule has 0 aliphatic carbocycles. The minimum absolute atomic E-state index is 0.0538. The van der Waals surface area contributed by atoms with E-state index < -0.39 is 11.9 Å². The van der Waals surface area contributed by atoms with Crippen LogP contribution in [0, 0.1) is 12.7 Å². The van der Waals surface area contributed by atoms with Crippen LogP contribution in [-0.4, -0.2) is 28.9 Å². The van der Waals surface area contributed by atoms with Crippen molar-refractivity contribution in [1.82, 2.24) is 9.88 Å². The summed E-state index contributed by atoms with van der Waals surface area (Å²) in [5, 5.41) is 0. The molecular weight excluding hydrogens is 348 g/mol. The standard InChI is InChI=1S/C19H16F4N2O/c1-12-16(6-7-17(24-12)19(21,22)23)18(26)25-10-8-14(9-11-25)13-2-4-15(20)5-3-13/h2-8H,9-11H2,1H3. The van der Waals surface area contributed by atoms with E-state index in [-0.39, 0.29) is 23.0 Å². The summed E-state index contributed by atoms with van der Waals surface area (Å²) < 4.78 is 51.1. The van der Waals surface area contributed by atoms with Crippen LogP contribution in [0.3, 0.4) is 0 Å². The molecule has 0 N–H and O–H groups in total. The number of nitrogens with zero attached hydrogens (tertiary/aromatic N) is 2. The molecule has 1 aromatic carbocycles. The second-order valence-electron chi connectivity index (χ2n) is 6.06. The first-order valence-electron chi connectivity index (χ1n) is 8.05. The predicted molar refractivity (Wildman–Crippen MR) is 88.9 cm³/mol. The fourth-order valence-corrected chi connectivity index (χ4v) is 2.90. The highest BCUT2D eigenvalue weighted by Crippen LogP contribution is 2.29. The molecule has 0 unspecified atom stereocenters. The maximum Gasteiger partial charge on any atom is 0.433 e. The van der Waals surface area contributed by atoms with E-state index in [1.807, 2.05) is 6.08 Å². The summed E-state index contributed by atoms with van der Waals surface area (Å²) in [6.45, 7) is 2.17. The molecule has 0 saturated carbocycles. The first-order chi connectivity index (χ1) is 12.3. The van der Waals surface area contributed by atoms with Crippen LogP contribution >= 0.6 is 0 Å². The minimum atomic E-state index is -4.54. The lowest BCUT2D eigenvalue weighted by atomic mass is 9.99. The largest absolute Gasteiger partial charge is 0.433 e. The number of rotatable bonds is 2. The predicted octanol–water partition coefficient (Wildman–Crippen LogP) is 4.48. The van der Waals surface area contributed by atoms with Crippen LogP contribution in [0.5, 0.6) is 0 Å². The molecule has 0 spiro atoms. The van der Waals surface area contributed by atoms with Crippen molar-refractivity contribution in [3.63, 3.8) is 0 Å². The van der Waals surface area contributed by atoms with Gasteiger partial charge in [-0.15, -0.1) is 0 Å². The second kappa shape index (κ2) is 6.90. The van der Waals surface area contributed by atoms with Gasteiger partial charge in [0.2, 0.25) is 0 Å². The zero-order valence-electron chi connectivity index (χ0n) is 14.0. The number of hydrogen-bond donors (Lipinski definition) is 0. The summed E-state index contributed by atoms with van der Waals surface area (Å²) >= 11 is 0. The van der Waals surface area contributed by atoms with Crippen LogP contribution < -0.4 is 0 Å². The minimum Gasteiger partial charge on any atom is -0.335 e. The molecular formula is C19H16F4N2O. The number of hydrogen-bond acceptors (Lipinski definition) is 2. The van der Waals surface area contributed by atoms with Crippen LogP contribution in [0.2, 0.25) is 0 Å². The third-order valence-electron chi connectivity index (χ3n) is 4.32. The van der Waals surface area contributed by atoms with Crippen LogP contribution in [0.1, 0.15) is 33.7 Å². The van der Waals surface area contributed by atoms with Crippen molar-refractivity contribution in [2.45, 2.75) is 19.5 Å². The quantitative estimate of drug-likeness (QED) is 0.737. The number of alkyl halides is 3. The van der Waals surface area contributed by atoms with Crippen molar-refractivity contribution in [1.29, 1.82) is 0 Å². The van der Waals surface area contributed by atoms with Crippen molar-refractivity contribution in [3.8, 4) is 0 Å². The van der Waals surface area contributed by atoms with Gasteiger partial charge in [-0.3, -0.25) is 4.79 Å². The summed E-state index contributed by atoms with van der Waals surface area (Å²) in [7, 11) is 0. The topological polar surface area (TPSA) is 33.2 Å². The summed E-state index contributed by atoms with van der Waals surface area (Å²) in [5.74, 6) is -0.662. The third kappa shape index (κ3) is 3.76. The lowest BCUT2D eigenvalue weighted by Crippen LogP contribution is -2.35. The lowest BCUT2D eigenvalue weighted by Gasteiger charge is -2.27. The molecule has 3 rings (SSSR count). The Labute approximate surface area is 148 Å². The molecule has 3 nitrogen and oxygen atoms in total. The molecule has 1 aliphatic heterocycles. The normalized spacial score (nSPS) is 15.0. The van der Waals surface area contributed by atoms with E-state index in [0.717, 1.165) is 17.2 Å². The SMILES string of the molecule is Cc1nc(C(F)(F)F)ccc1C(=O)N1CC=C(c2ccc(F)cc2)CC1. The van der Waals surface area contributed by atoms with E-state index in [0.29, 0.717) is 19.5 Å². The average Bonchev–Trinajstić information content (AvgIpc) is 2.61. The highest BCUT2D eigenvalue weighted by atomic mass is 19.4. The van der Waals surface area contributed by atoms with Gasteiger partial charge in [0, 0.05) is 13.1 Å². The Morgan fingerprint density at radius 2 is 1.81 bits per heavy atom. The molecule has 1 aromatic heterocycles. The summed E-state index contributed by atoms with van der Waals surface area (Å²) in [6.07, 6.45) is -2.07. The fourth-order valence-electron chi connectivity index (χ4n) is 2.90. The van der Waals surface area contributed by atoms with Crippen LogP contribution in [0.25, 0.3) is 5.57 Å². The summed E-state index contributed by atoms with van der Waals surface area (Å²) in [5.41, 5.74) is 1.11. The molecule has 7 heteroatoms. The van der Waals surface area contributed by atoms with Crippen LogP contribution in [0.4, 0.5) is 17.6 Å². The maximum atomic E-state index is 13.0. The van der Waals surface area contributed by atoms with Crippen molar-refractivity contribution < 1.29 is 22.4 Å². The smallest absolute Gasteiger partial charge is 0.335 e. The Balaban J connectivity index is 1.75. The first-order valence-corrected chi connectivity index (χ1v) is 8.05. The van der Waals surface area contributed by atoms with E-state index in [2.05, 4.69) is 4.98 Å².